The van der Waals surface area contributed by atoms with Gasteiger partial charge in [0.05, 0.1) is 6.61 Å². The minimum absolute atomic E-state index is 0.288. The van der Waals surface area contributed by atoms with Gasteiger partial charge in [-0.25, -0.2) is 0 Å². The maximum Gasteiger partial charge on any atom is 0.0716 e. The number of ether oxygens (including phenoxy) is 1. The van der Waals surface area contributed by atoms with Crippen LogP contribution in [-0.2, 0) is 11.3 Å². The molecule has 0 aliphatic carbocycles. The summed E-state index contributed by atoms with van der Waals surface area (Å²) in [5.41, 5.74) is 8.76. The summed E-state index contributed by atoms with van der Waals surface area (Å²) in [6.07, 6.45) is 1.31. The fourth-order valence-corrected chi connectivity index (χ4v) is 3.76. The van der Waals surface area contributed by atoms with E-state index >= 15 is 0 Å². The highest BCUT2D eigenvalue weighted by molar-refractivity contribution is 5.30. The van der Waals surface area contributed by atoms with Gasteiger partial charge in [-0.2, -0.15) is 0 Å². The smallest absolute Gasteiger partial charge is 0.0716 e. The predicted octanol–water partition coefficient (Wildman–Crippen LogP) is 3.20. The normalized spacial score (nSPS) is 28.5. The standard InChI is InChI=1S/C18H30N2O/c1-13-9-14(2)15(3)20(11-13)18(10-19)17-8-6-5-7-16(17)12-21-4/h5-8,13-15,18H,9-12,19H2,1-4H3. The molecule has 1 aliphatic heterocycles. The summed E-state index contributed by atoms with van der Waals surface area (Å²) in [7, 11) is 1.75. The van der Waals surface area contributed by atoms with E-state index in [0.29, 0.717) is 19.2 Å². The third-order valence-electron chi connectivity index (χ3n) is 4.98. The summed E-state index contributed by atoms with van der Waals surface area (Å²) in [5, 5.41) is 0. The van der Waals surface area contributed by atoms with Gasteiger partial charge < -0.3 is 10.5 Å². The minimum Gasteiger partial charge on any atom is -0.380 e. The number of nitrogens with two attached hydrogens (primary N) is 1. The van der Waals surface area contributed by atoms with Crippen LogP contribution in [0.2, 0.25) is 0 Å². The highest BCUT2D eigenvalue weighted by atomic mass is 16.5. The highest BCUT2D eigenvalue weighted by Crippen LogP contribution is 2.34. The maximum absolute atomic E-state index is 6.17. The zero-order valence-corrected chi connectivity index (χ0v) is 13.9. The lowest BCUT2D eigenvalue weighted by molar-refractivity contribution is 0.0415. The predicted molar refractivity (Wildman–Crippen MR) is 88.1 cm³/mol. The lowest BCUT2D eigenvalue weighted by Gasteiger charge is -2.45. The summed E-state index contributed by atoms with van der Waals surface area (Å²) < 4.78 is 5.36. The number of hydrogen-bond acceptors (Lipinski definition) is 3. The van der Waals surface area contributed by atoms with E-state index in [4.69, 9.17) is 10.5 Å². The number of hydrogen-bond donors (Lipinski definition) is 1. The maximum atomic E-state index is 6.17. The molecule has 0 radical (unpaired) electrons. The third-order valence-corrected chi connectivity index (χ3v) is 4.98. The first-order valence-electron chi connectivity index (χ1n) is 8.11. The first-order valence-corrected chi connectivity index (χ1v) is 8.11. The van der Waals surface area contributed by atoms with E-state index in [2.05, 4.69) is 49.9 Å². The first-order chi connectivity index (χ1) is 10.1. The Morgan fingerprint density at radius 1 is 1.29 bits per heavy atom. The molecule has 2 rings (SSSR count). The van der Waals surface area contributed by atoms with Crippen molar-refractivity contribution in [2.75, 3.05) is 20.2 Å². The second-order valence-electron chi connectivity index (χ2n) is 6.64. The lowest BCUT2D eigenvalue weighted by atomic mass is 9.83. The number of likely N-dealkylation sites (tertiary alicyclic amines) is 1. The van der Waals surface area contributed by atoms with Crippen molar-refractivity contribution in [2.24, 2.45) is 17.6 Å². The summed E-state index contributed by atoms with van der Waals surface area (Å²) in [5.74, 6) is 1.46. The van der Waals surface area contributed by atoms with Gasteiger partial charge in [-0.15, -0.1) is 0 Å². The van der Waals surface area contributed by atoms with Crippen molar-refractivity contribution in [3.63, 3.8) is 0 Å². The highest BCUT2D eigenvalue weighted by Gasteiger charge is 2.34. The molecule has 1 fully saturated rings. The largest absolute Gasteiger partial charge is 0.380 e. The van der Waals surface area contributed by atoms with Crippen molar-refractivity contribution in [1.82, 2.24) is 4.90 Å². The van der Waals surface area contributed by atoms with Gasteiger partial charge in [0.1, 0.15) is 0 Å². The van der Waals surface area contributed by atoms with Gasteiger partial charge in [0.25, 0.3) is 0 Å². The van der Waals surface area contributed by atoms with Crippen LogP contribution in [-0.4, -0.2) is 31.1 Å². The summed E-state index contributed by atoms with van der Waals surface area (Å²) in [4.78, 5) is 2.60. The van der Waals surface area contributed by atoms with Gasteiger partial charge in [0.2, 0.25) is 0 Å². The molecule has 0 spiro atoms. The van der Waals surface area contributed by atoms with Crippen molar-refractivity contribution in [2.45, 2.75) is 45.9 Å². The Bertz CT molecular complexity index is 449. The van der Waals surface area contributed by atoms with Gasteiger partial charge in [0, 0.05) is 32.3 Å². The minimum atomic E-state index is 0.288. The number of piperidine rings is 1. The molecule has 1 heterocycles. The Morgan fingerprint density at radius 3 is 2.67 bits per heavy atom. The number of methoxy groups -OCH3 is 1. The number of nitrogens with zero attached hydrogens (tertiary/aromatic N) is 1. The molecule has 1 aromatic carbocycles. The molecule has 21 heavy (non-hydrogen) atoms. The van der Waals surface area contributed by atoms with Crippen LogP contribution >= 0.6 is 0 Å². The monoisotopic (exact) mass is 290 g/mol. The molecule has 1 aromatic rings. The van der Waals surface area contributed by atoms with Crippen molar-refractivity contribution < 1.29 is 4.74 Å². The lowest BCUT2D eigenvalue weighted by Crippen LogP contribution is -2.49. The van der Waals surface area contributed by atoms with E-state index in [1.165, 1.54) is 17.5 Å². The van der Waals surface area contributed by atoms with Crippen LogP contribution in [0.25, 0.3) is 0 Å². The molecular formula is C18H30N2O. The molecule has 0 bridgehead atoms. The van der Waals surface area contributed by atoms with E-state index in [1.807, 2.05) is 0 Å². The van der Waals surface area contributed by atoms with E-state index < -0.39 is 0 Å². The van der Waals surface area contributed by atoms with E-state index in [1.54, 1.807) is 7.11 Å². The average Bonchev–Trinajstić information content (AvgIpc) is 2.46. The Labute approximate surface area is 129 Å². The van der Waals surface area contributed by atoms with Crippen molar-refractivity contribution >= 4 is 0 Å². The summed E-state index contributed by atoms with van der Waals surface area (Å²) in [6, 6.07) is 9.42. The summed E-state index contributed by atoms with van der Waals surface area (Å²) in [6.45, 7) is 9.50. The van der Waals surface area contributed by atoms with E-state index in [0.717, 1.165) is 18.4 Å². The van der Waals surface area contributed by atoms with Gasteiger partial charge >= 0.3 is 0 Å². The molecule has 3 nitrogen and oxygen atoms in total. The van der Waals surface area contributed by atoms with Crippen LogP contribution in [0.1, 0.15) is 44.4 Å². The molecule has 0 aromatic heterocycles. The second kappa shape index (κ2) is 7.39. The molecule has 0 amide bonds. The van der Waals surface area contributed by atoms with Crippen LogP contribution in [0.3, 0.4) is 0 Å². The fourth-order valence-electron chi connectivity index (χ4n) is 3.76. The number of rotatable bonds is 5. The molecule has 2 N–H and O–H groups in total. The van der Waals surface area contributed by atoms with Crippen LogP contribution in [0, 0.1) is 11.8 Å². The molecule has 0 saturated carbocycles. The van der Waals surface area contributed by atoms with Crippen molar-refractivity contribution in [1.29, 1.82) is 0 Å². The van der Waals surface area contributed by atoms with E-state index in [-0.39, 0.29) is 6.04 Å². The molecule has 3 heteroatoms. The van der Waals surface area contributed by atoms with Gasteiger partial charge in [0.15, 0.2) is 0 Å². The Morgan fingerprint density at radius 2 is 2.00 bits per heavy atom. The van der Waals surface area contributed by atoms with Crippen LogP contribution in [0.5, 0.6) is 0 Å². The molecule has 4 atom stereocenters. The van der Waals surface area contributed by atoms with Gasteiger partial charge in [-0.3, -0.25) is 4.90 Å². The Balaban J connectivity index is 2.30. The quantitative estimate of drug-likeness (QED) is 0.905. The Kier molecular flexibility index (Phi) is 5.80. The first kappa shape index (κ1) is 16.5. The third kappa shape index (κ3) is 3.65. The van der Waals surface area contributed by atoms with Crippen LogP contribution in [0.4, 0.5) is 0 Å². The number of benzene rings is 1. The molecule has 4 unspecified atom stereocenters. The Hall–Kier alpha value is -0.900. The average molecular weight is 290 g/mol. The topological polar surface area (TPSA) is 38.5 Å². The molecule has 1 saturated heterocycles. The zero-order valence-electron chi connectivity index (χ0n) is 13.9. The van der Waals surface area contributed by atoms with Crippen LogP contribution in [0.15, 0.2) is 24.3 Å². The molecular weight excluding hydrogens is 260 g/mol. The fraction of sp³-hybridized carbons (Fsp3) is 0.667. The van der Waals surface area contributed by atoms with Crippen LogP contribution < -0.4 is 5.73 Å². The van der Waals surface area contributed by atoms with Gasteiger partial charge in [-0.1, -0.05) is 38.1 Å². The van der Waals surface area contributed by atoms with Gasteiger partial charge in [-0.05, 0) is 36.3 Å². The van der Waals surface area contributed by atoms with E-state index in [9.17, 15) is 0 Å². The molecule has 118 valence electrons. The second-order valence-corrected chi connectivity index (χ2v) is 6.64. The zero-order chi connectivity index (χ0) is 15.4. The SMILES string of the molecule is COCc1ccccc1C(CN)N1CC(C)CC(C)C1C. The van der Waals surface area contributed by atoms with Crippen molar-refractivity contribution in [3.05, 3.63) is 35.4 Å². The summed E-state index contributed by atoms with van der Waals surface area (Å²) >= 11 is 0. The van der Waals surface area contributed by atoms with Crippen molar-refractivity contribution in [3.8, 4) is 0 Å². The molecule has 1 aliphatic rings.